The lowest BCUT2D eigenvalue weighted by Crippen LogP contribution is -2.40. The third-order valence-corrected chi connectivity index (χ3v) is 5.15. The number of amides is 1. The summed E-state index contributed by atoms with van der Waals surface area (Å²) in [6.07, 6.45) is 0. The molecule has 0 aliphatic rings. The number of benzene rings is 2. The molecule has 2 N–H and O–H groups in total. The van der Waals surface area contributed by atoms with E-state index in [2.05, 4.69) is 10.0 Å². The van der Waals surface area contributed by atoms with Gasteiger partial charge in [-0.1, -0.05) is 12.1 Å². The molecule has 0 fully saturated rings. The average Bonchev–Trinajstić information content (AvgIpc) is 2.50. The molecular weight excluding hydrogens is 336 g/mol. The van der Waals surface area contributed by atoms with Crippen molar-refractivity contribution >= 4 is 21.6 Å². The van der Waals surface area contributed by atoms with Crippen LogP contribution in [0.25, 0.3) is 0 Å². The van der Waals surface area contributed by atoms with Gasteiger partial charge in [-0.2, -0.15) is 0 Å². The smallest absolute Gasteiger partial charge is 0.261 e. The van der Waals surface area contributed by atoms with Crippen LogP contribution in [0.5, 0.6) is 0 Å². The summed E-state index contributed by atoms with van der Waals surface area (Å²) in [6.45, 7) is 9.45. The molecule has 6 heteroatoms. The van der Waals surface area contributed by atoms with Crippen LogP contribution < -0.4 is 10.0 Å². The first-order chi connectivity index (χ1) is 11.5. The number of nitrogens with one attached hydrogen (secondary N) is 2. The molecule has 2 aromatic rings. The molecule has 5 nitrogen and oxygen atoms in total. The highest BCUT2D eigenvalue weighted by Gasteiger charge is 2.18. The van der Waals surface area contributed by atoms with Crippen molar-refractivity contribution in [1.82, 2.24) is 5.32 Å². The summed E-state index contributed by atoms with van der Waals surface area (Å²) in [7, 11) is -3.71. The number of carbonyl (C=O) groups excluding carboxylic acids is 1. The normalized spacial score (nSPS) is 11.9. The van der Waals surface area contributed by atoms with E-state index in [1.165, 1.54) is 24.3 Å². The maximum absolute atomic E-state index is 12.6. The molecule has 0 heterocycles. The zero-order chi connectivity index (χ0) is 18.8. The fourth-order valence-electron chi connectivity index (χ4n) is 2.26. The Kier molecular flexibility index (Phi) is 5.23. The van der Waals surface area contributed by atoms with Crippen molar-refractivity contribution in [2.75, 3.05) is 4.72 Å². The van der Waals surface area contributed by atoms with Crippen molar-refractivity contribution in [3.05, 3.63) is 59.2 Å². The summed E-state index contributed by atoms with van der Waals surface area (Å²) in [4.78, 5) is 12.2. The standard InChI is InChI=1S/C19H24N2O3S/c1-13-7-6-8-17(14(13)2)21-25(23,24)16-11-9-15(10-12-16)18(22)20-19(3,4)5/h6-12,21H,1-5H3,(H,20,22). The number of hydrogen-bond donors (Lipinski definition) is 2. The zero-order valence-corrected chi connectivity index (χ0v) is 16.0. The van der Waals surface area contributed by atoms with E-state index in [0.717, 1.165) is 11.1 Å². The van der Waals surface area contributed by atoms with Crippen molar-refractivity contribution < 1.29 is 13.2 Å². The van der Waals surface area contributed by atoms with Gasteiger partial charge in [-0.25, -0.2) is 8.42 Å². The molecule has 134 valence electrons. The Balaban J connectivity index is 2.23. The van der Waals surface area contributed by atoms with E-state index in [4.69, 9.17) is 0 Å². The van der Waals surface area contributed by atoms with Crippen LogP contribution in [0.3, 0.4) is 0 Å². The molecule has 0 aromatic heterocycles. The molecule has 0 unspecified atom stereocenters. The van der Waals surface area contributed by atoms with E-state index in [9.17, 15) is 13.2 Å². The number of carbonyl (C=O) groups is 1. The van der Waals surface area contributed by atoms with Crippen LogP contribution in [0, 0.1) is 13.8 Å². The second-order valence-electron chi connectivity index (χ2n) is 7.08. The van der Waals surface area contributed by atoms with Crippen molar-refractivity contribution in [3.8, 4) is 0 Å². The minimum atomic E-state index is -3.71. The first-order valence-corrected chi connectivity index (χ1v) is 9.49. The van der Waals surface area contributed by atoms with Gasteiger partial charge in [0.1, 0.15) is 0 Å². The van der Waals surface area contributed by atoms with Crippen LogP contribution in [0.2, 0.25) is 0 Å². The van der Waals surface area contributed by atoms with E-state index >= 15 is 0 Å². The van der Waals surface area contributed by atoms with Crippen molar-refractivity contribution in [2.45, 2.75) is 45.1 Å². The maximum Gasteiger partial charge on any atom is 0.261 e. The van der Waals surface area contributed by atoms with Gasteiger partial charge < -0.3 is 5.32 Å². The van der Waals surface area contributed by atoms with E-state index < -0.39 is 10.0 Å². The van der Waals surface area contributed by atoms with Gasteiger partial charge in [0.25, 0.3) is 15.9 Å². The second kappa shape index (κ2) is 6.88. The number of hydrogen-bond acceptors (Lipinski definition) is 3. The van der Waals surface area contributed by atoms with E-state index in [0.29, 0.717) is 11.3 Å². The molecule has 2 rings (SSSR count). The van der Waals surface area contributed by atoms with Gasteiger partial charge >= 0.3 is 0 Å². The first kappa shape index (κ1) is 19.0. The monoisotopic (exact) mass is 360 g/mol. The second-order valence-corrected chi connectivity index (χ2v) is 8.76. The topological polar surface area (TPSA) is 75.3 Å². The van der Waals surface area contributed by atoms with Gasteiger partial charge in [0.2, 0.25) is 0 Å². The number of rotatable bonds is 4. The number of anilines is 1. The summed E-state index contributed by atoms with van der Waals surface area (Å²) in [5.41, 5.74) is 2.50. The largest absolute Gasteiger partial charge is 0.347 e. The summed E-state index contributed by atoms with van der Waals surface area (Å²) in [5, 5.41) is 2.84. The van der Waals surface area contributed by atoms with Gasteiger partial charge in [0.05, 0.1) is 10.6 Å². The summed E-state index contributed by atoms with van der Waals surface area (Å²) in [6, 6.07) is 11.4. The first-order valence-electron chi connectivity index (χ1n) is 8.01. The molecule has 0 saturated carbocycles. The quantitative estimate of drug-likeness (QED) is 0.874. The lowest BCUT2D eigenvalue weighted by atomic mass is 10.1. The predicted molar refractivity (Wildman–Crippen MR) is 100 cm³/mol. The highest BCUT2D eigenvalue weighted by Crippen LogP contribution is 2.22. The van der Waals surface area contributed by atoms with E-state index in [1.807, 2.05) is 40.7 Å². The minimum absolute atomic E-state index is 0.112. The highest BCUT2D eigenvalue weighted by atomic mass is 32.2. The molecule has 25 heavy (non-hydrogen) atoms. The molecule has 0 radical (unpaired) electrons. The van der Waals surface area contributed by atoms with Gasteiger partial charge in [-0.3, -0.25) is 9.52 Å². The summed E-state index contributed by atoms with van der Waals surface area (Å²) in [5.74, 6) is -0.237. The molecule has 0 bridgehead atoms. The SMILES string of the molecule is Cc1cccc(NS(=O)(=O)c2ccc(C(=O)NC(C)(C)C)cc2)c1C. The minimum Gasteiger partial charge on any atom is -0.347 e. The Morgan fingerprint density at radius 2 is 1.56 bits per heavy atom. The number of aryl methyl sites for hydroxylation is 1. The zero-order valence-electron chi connectivity index (χ0n) is 15.2. The Labute approximate surface area is 149 Å². The third-order valence-electron chi connectivity index (χ3n) is 3.76. The van der Waals surface area contributed by atoms with Crippen LogP contribution in [0.1, 0.15) is 42.3 Å². The van der Waals surface area contributed by atoms with Gasteiger partial charge in [-0.05, 0) is 76.1 Å². The molecule has 1 amide bonds. The molecule has 0 aliphatic heterocycles. The Hall–Kier alpha value is -2.34. The fourth-order valence-corrected chi connectivity index (χ4v) is 3.39. The third kappa shape index (κ3) is 4.82. The Bertz CT molecular complexity index is 880. The molecule has 2 aromatic carbocycles. The summed E-state index contributed by atoms with van der Waals surface area (Å²) < 4.78 is 27.7. The Morgan fingerprint density at radius 1 is 0.960 bits per heavy atom. The van der Waals surface area contributed by atoms with Crippen LogP contribution in [-0.2, 0) is 10.0 Å². The van der Waals surface area contributed by atoms with Crippen molar-refractivity contribution in [1.29, 1.82) is 0 Å². The highest BCUT2D eigenvalue weighted by molar-refractivity contribution is 7.92. The fraction of sp³-hybridized carbons (Fsp3) is 0.316. The molecule has 0 aliphatic carbocycles. The van der Waals surface area contributed by atoms with Gasteiger partial charge in [0, 0.05) is 11.1 Å². The van der Waals surface area contributed by atoms with Crippen molar-refractivity contribution in [3.63, 3.8) is 0 Å². The lowest BCUT2D eigenvalue weighted by molar-refractivity contribution is 0.0919. The molecule has 0 atom stereocenters. The van der Waals surface area contributed by atoms with Gasteiger partial charge in [0.15, 0.2) is 0 Å². The molecule has 0 saturated heterocycles. The van der Waals surface area contributed by atoms with Crippen LogP contribution in [0.4, 0.5) is 5.69 Å². The van der Waals surface area contributed by atoms with Crippen LogP contribution >= 0.6 is 0 Å². The Morgan fingerprint density at radius 3 is 2.12 bits per heavy atom. The maximum atomic E-state index is 12.6. The van der Waals surface area contributed by atoms with E-state index in [-0.39, 0.29) is 16.3 Å². The average molecular weight is 360 g/mol. The lowest BCUT2D eigenvalue weighted by Gasteiger charge is -2.20. The molecule has 0 spiro atoms. The van der Waals surface area contributed by atoms with E-state index in [1.54, 1.807) is 12.1 Å². The van der Waals surface area contributed by atoms with Gasteiger partial charge in [-0.15, -0.1) is 0 Å². The predicted octanol–water partition coefficient (Wildman–Crippen LogP) is 3.63. The van der Waals surface area contributed by atoms with Crippen LogP contribution in [0.15, 0.2) is 47.4 Å². The molecular formula is C19H24N2O3S. The summed E-state index contributed by atoms with van der Waals surface area (Å²) >= 11 is 0. The van der Waals surface area contributed by atoms with Crippen LogP contribution in [-0.4, -0.2) is 19.9 Å². The van der Waals surface area contributed by atoms with Crippen molar-refractivity contribution in [2.24, 2.45) is 0 Å². The number of sulfonamides is 1.